The van der Waals surface area contributed by atoms with E-state index in [-0.39, 0.29) is 12.1 Å². The molecule has 1 saturated carbocycles. The predicted octanol–water partition coefficient (Wildman–Crippen LogP) is 3.48. The number of hydrogen-bond donors (Lipinski definition) is 1. The molecule has 0 radical (unpaired) electrons. The second kappa shape index (κ2) is 6.37. The number of nitrogens with one attached hydrogen (secondary N) is 1. The van der Waals surface area contributed by atoms with Crippen molar-refractivity contribution in [2.75, 3.05) is 13.7 Å². The first kappa shape index (κ1) is 14.2. The monoisotopic (exact) mass is 288 g/mol. The number of nitrogens with zero attached hydrogens (tertiary/aromatic N) is 1. The Kier molecular flexibility index (Phi) is 4.32. The molecule has 2 aliphatic rings. The van der Waals surface area contributed by atoms with Crippen LogP contribution in [0, 0.1) is 0 Å². The molecule has 1 saturated heterocycles. The van der Waals surface area contributed by atoms with Crippen LogP contribution in [0.2, 0.25) is 0 Å². The third kappa shape index (κ3) is 3.49. The maximum absolute atomic E-state index is 12.5. The number of likely N-dealkylation sites (tertiary alicyclic amines) is 1. The minimum atomic E-state index is 0.111. The number of benzene rings is 1. The number of amides is 2. The fourth-order valence-corrected chi connectivity index (χ4v) is 3.01. The van der Waals surface area contributed by atoms with Gasteiger partial charge < -0.3 is 15.0 Å². The van der Waals surface area contributed by atoms with Crippen LogP contribution >= 0.6 is 0 Å². The van der Waals surface area contributed by atoms with Crippen LogP contribution in [0.15, 0.2) is 24.3 Å². The summed E-state index contributed by atoms with van der Waals surface area (Å²) in [6.07, 6.45) is 6.80. The Morgan fingerprint density at radius 1 is 1.14 bits per heavy atom. The fraction of sp³-hybridized carbons (Fsp3) is 0.588. The van der Waals surface area contributed by atoms with Gasteiger partial charge in [-0.1, -0.05) is 25.0 Å². The van der Waals surface area contributed by atoms with Crippen LogP contribution in [0.25, 0.3) is 0 Å². The van der Waals surface area contributed by atoms with Crippen LogP contribution in [0.4, 0.5) is 4.79 Å². The highest BCUT2D eigenvalue weighted by Crippen LogP contribution is 2.31. The number of carbonyl (C=O) groups excluding carboxylic acids is 1. The average molecular weight is 288 g/mol. The molecule has 1 aromatic carbocycles. The molecule has 1 N–H and O–H groups in total. The van der Waals surface area contributed by atoms with Gasteiger partial charge in [0, 0.05) is 12.6 Å². The van der Waals surface area contributed by atoms with Crippen LogP contribution < -0.4 is 10.1 Å². The lowest BCUT2D eigenvalue weighted by Gasteiger charge is -2.30. The highest BCUT2D eigenvalue weighted by molar-refractivity contribution is 5.75. The molecule has 3 rings (SSSR count). The van der Waals surface area contributed by atoms with Gasteiger partial charge >= 0.3 is 6.03 Å². The second-order valence-electron chi connectivity index (χ2n) is 6.06. The summed E-state index contributed by atoms with van der Waals surface area (Å²) in [4.78, 5) is 14.5. The molecule has 1 atom stereocenters. The molecule has 4 heteroatoms. The lowest BCUT2D eigenvalue weighted by atomic mass is 10.0. The van der Waals surface area contributed by atoms with Crippen molar-refractivity contribution in [1.29, 1.82) is 0 Å². The molecule has 1 heterocycles. The van der Waals surface area contributed by atoms with E-state index < -0.39 is 0 Å². The van der Waals surface area contributed by atoms with E-state index in [0.717, 1.165) is 38.0 Å². The molecule has 1 aliphatic heterocycles. The van der Waals surface area contributed by atoms with E-state index in [9.17, 15) is 4.79 Å². The maximum Gasteiger partial charge on any atom is 0.318 e. The Bertz CT molecular complexity index is 482. The van der Waals surface area contributed by atoms with E-state index in [1.54, 1.807) is 7.11 Å². The summed E-state index contributed by atoms with van der Waals surface area (Å²) in [6, 6.07) is 8.86. The molecule has 0 bridgehead atoms. The largest absolute Gasteiger partial charge is 0.497 e. The van der Waals surface area contributed by atoms with E-state index in [0.29, 0.717) is 6.04 Å². The van der Waals surface area contributed by atoms with Gasteiger partial charge in [0.05, 0.1) is 13.2 Å². The van der Waals surface area contributed by atoms with Crippen molar-refractivity contribution in [3.8, 4) is 5.75 Å². The highest BCUT2D eigenvalue weighted by atomic mass is 16.5. The zero-order valence-electron chi connectivity index (χ0n) is 12.7. The van der Waals surface area contributed by atoms with Gasteiger partial charge in [0.2, 0.25) is 0 Å². The number of methoxy groups -OCH3 is 1. The van der Waals surface area contributed by atoms with Gasteiger partial charge in [-0.25, -0.2) is 4.79 Å². The second-order valence-corrected chi connectivity index (χ2v) is 6.06. The number of rotatable bonds is 3. The molecule has 1 aromatic rings. The Hall–Kier alpha value is -1.71. The average Bonchev–Trinajstić information content (AvgIpc) is 3.33. The van der Waals surface area contributed by atoms with Gasteiger partial charge in [-0.05, 0) is 43.4 Å². The summed E-state index contributed by atoms with van der Waals surface area (Å²) in [5.74, 6) is 0.862. The van der Waals surface area contributed by atoms with Gasteiger partial charge in [0.1, 0.15) is 5.75 Å². The topological polar surface area (TPSA) is 41.6 Å². The van der Waals surface area contributed by atoms with E-state index in [1.807, 2.05) is 17.0 Å². The fourth-order valence-electron chi connectivity index (χ4n) is 3.01. The lowest BCUT2D eigenvalue weighted by molar-refractivity contribution is 0.175. The first-order valence-electron chi connectivity index (χ1n) is 7.99. The van der Waals surface area contributed by atoms with Crippen LogP contribution in [-0.2, 0) is 0 Å². The van der Waals surface area contributed by atoms with Gasteiger partial charge in [-0.15, -0.1) is 0 Å². The number of carbonyl (C=O) groups is 1. The van der Waals surface area contributed by atoms with Gasteiger partial charge in [-0.3, -0.25) is 0 Å². The van der Waals surface area contributed by atoms with Crippen molar-refractivity contribution in [3.05, 3.63) is 29.8 Å². The standard InChI is InChI=1S/C17H24N2O2/c1-21-15-10-6-13(7-11-15)16-5-3-2-4-12-19(16)17(20)18-14-8-9-14/h6-7,10-11,14,16H,2-5,8-9,12H2,1H3,(H,18,20). The van der Waals surface area contributed by atoms with E-state index in [4.69, 9.17) is 4.74 Å². The van der Waals surface area contributed by atoms with E-state index in [2.05, 4.69) is 17.4 Å². The van der Waals surface area contributed by atoms with Crippen molar-refractivity contribution in [3.63, 3.8) is 0 Å². The molecular formula is C17H24N2O2. The Balaban J connectivity index is 1.77. The maximum atomic E-state index is 12.5. The SMILES string of the molecule is COc1ccc(C2CCCCCN2C(=O)NC2CC2)cc1. The highest BCUT2D eigenvalue weighted by Gasteiger charge is 2.30. The molecule has 1 aliphatic carbocycles. The van der Waals surface area contributed by atoms with Crippen molar-refractivity contribution < 1.29 is 9.53 Å². The van der Waals surface area contributed by atoms with Gasteiger partial charge in [0.15, 0.2) is 0 Å². The number of ether oxygens (including phenoxy) is 1. The summed E-state index contributed by atoms with van der Waals surface area (Å²) in [5.41, 5.74) is 1.21. The quantitative estimate of drug-likeness (QED) is 0.925. The molecule has 1 unspecified atom stereocenters. The third-order valence-corrected chi connectivity index (χ3v) is 4.42. The third-order valence-electron chi connectivity index (χ3n) is 4.42. The van der Waals surface area contributed by atoms with Gasteiger partial charge in [-0.2, -0.15) is 0 Å². The normalized spacial score (nSPS) is 22.5. The zero-order valence-corrected chi connectivity index (χ0v) is 12.7. The van der Waals surface area contributed by atoms with Crippen molar-refractivity contribution >= 4 is 6.03 Å². The summed E-state index contributed by atoms with van der Waals surface area (Å²) >= 11 is 0. The zero-order chi connectivity index (χ0) is 14.7. The summed E-state index contributed by atoms with van der Waals surface area (Å²) in [7, 11) is 1.68. The molecule has 0 spiro atoms. The first-order chi connectivity index (χ1) is 10.3. The van der Waals surface area contributed by atoms with Crippen molar-refractivity contribution in [1.82, 2.24) is 10.2 Å². The van der Waals surface area contributed by atoms with Gasteiger partial charge in [0.25, 0.3) is 0 Å². The summed E-state index contributed by atoms with van der Waals surface area (Å²) in [5, 5.41) is 3.14. The molecule has 2 amide bonds. The predicted molar refractivity (Wildman–Crippen MR) is 82.5 cm³/mol. The number of hydrogen-bond acceptors (Lipinski definition) is 2. The number of urea groups is 1. The summed E-state index contributed by atoms with van der Waals surface area (Å²) in [6.45, 7) is 0.856. The molecule has 2 fully saturated rings. The summed E-state index contributed by atoms with van der Waals surface area (Å²) < 4.78 is 5.22. The molecule has 0 aromatic heterocycles. The Labute approximate surface area is 126 Å². The minimum Gasteiger partial charge on any atom is -0.497 e. The van der Waals surface area contributed by atoms with Crippen LogP contribution in [0.3, 0.4) is 0 Å². The van der Waals surface area contributed by atoms with E-state index >= 15 is 0 Å². The molecule has 114 valence electrons. The minimum absolute atomic E-state index is 0.111. The Morgan fingerprint density at radius 2 is 1.90 bits per heavy atom. The molecule has 21 heavy (non-hydrogen) atoms. The van der Waals surface area contributed by atoms with Crippen molar-refractivity contribution in [2.24, 2.45) is 0 Å². The first-order valence-corrected chi connectivity index (χ1v) is 7.99. The van der Waals surface area contributed by atoms with E-state index in [1.165, 1.54) is 18.4 Å². The van der Waals surface area contributed by atoms with Crippen LogP contribution in [0.5, 0.6) is 5.75 Å². The molecular weight excluding hydrogens is 264 g/mol. The van der Waals surface area contributed by atoms with Crippen LogP contribution in [-0.4, -0.2) is 30.6 Å². The smallest absolute Gasteiger partial charge is 0.318 e. The Morgan fingerprint density at radius 3 is 2.57 bits per heavy atom. The van der Waals surface area contributed by atoms with Crippen LogP contribution in [0.1, 0.15) is 50.1 Å². The lowest BCUT2D eigenvalue weighted by Crippen LogP contribution is -2.43. The van der Waals surface area contributed by atoms with Crippen molar-refractivity contribution in [2.45, 2.75) is 50.6 Å². The molecule has 4 nitrogen and oxygen atoms in total.